The van der Waals surface area contributed by atoms with Gasteiger partial charge < -0.3 is 9.64 Å². The minimum absolute atomic E-state index is 0.0371. The summed E-state index contributed by atoms with van der Waals surface area (Å²) in [6.07, 6.45) is 1.88. The van der Waals surface area contributed by atoms with Gasteiger partial charge in [-0.15, -0.1) is 0 Å². The van der Waals surface area contributed by atoms with Crippen LogP contribution in [0.1, 0.15) is 30.1 Å². The van der Waals surface area contributed by atoms with Crippen LogP contribution in [-0.4, -0.2) is 39.9 Å². The van der Waals surface area contributed by atoms with Crippen LogP contribution < -0.4 is 9.46 Å². The minimum Gasteiger partial charge on any atom is -0.497 e. The smallest absolute Gasteiger partial charge is 0.261 e. The Morgan fingerprint density at radius 2 is 1.88 bits per heavy atom. The van der Waals surface area contributed by atoms with Crippen LogP contribution in [0.4, 0.5) is 5.69 Å². The highest BCUT2D eigenvalue weighted by Crippen LogP contribution is 2.21. The van der Waals surface area contributed by atoms with Gasteiger partial charge in [0, 0.05) is 25.2 Å². The highest BCUT2D eigenvalue weighted by molar-refractivity contribution is 7.92. The van der Waals surface area contributed by atoms with Gasteiger partial charge in [0.15, 0.2) is 0 Å². The molecule has 0 aliphatic carbocycles. The van der Waals surface area contributed by atoms with Gasteiger partial charge in [-0.1, -0.05) is 25.5 Å². The fraction of sp³-hybridized carbons (Fsp3) is 0.316. The number of methoxy groups -OCH3 is 1. The number of amides is 1. The minimum atomic E-state index is -3.81. The molecule has 2 aromatic rings. The number of carbonyl (C=O) groups excluding carboxylic acids is 1. The Bertz CT molecular complexity index is 865. The van der Waals surface area contributed by atoms with Crippen LogP contribution in [0, 0.1) is 0 Å². The maximum atomic E-state index is 12.6. The first-order valence-corrected chi connectivity index (χ1v) is 9.88. The zero-order chi connectivity index (χ0) is 19.2. The fourth-order valence-electron chi connectivity index (χ4n) is 2.41. The molecule has 2 aromatic carbocycles. The summed E-state index contributed by atoms with van der Waals surface area (Å²) in [7, 11) is -0.586. The number of rotatable bonds is 8. The summed E-state index contributed by atoms with van der Waals surface area (Å²) in [5, 5.41) is 0. The van der Waals surface area contributed by atoms with Crippen LogP contribution in [0.15, 0.2) is 53.4 Å². The molecule has 0 spiro atoms. The second kappa shape index (κ2) is 8.71. The number of anilines is 1. The van der Waals surface area contributed by atoms with Gasteiger partial charge in [-0.05, 0) is 36.8 Å². The molecule has 0 heterocycles. The van der Waals surface area contributed by atoms with E-state index >= 15 is 0 Å². The van der Waals surface area contributed by atoms with E-state index in [-0.39, 0.29) is 10.8 Å². The van der Waals surface area contributed by atoms with Gasteiger partial charge in [-0.25, -0.2) is 8.42 Å². The third-order valence-corrected chi connectivity index (χ3v) is 5.29. The second-order valence-electron chi connectivity index (χ2n) is 5.95. The van der Waals surface area contributed by atoms with Crippen molar-refractivity contribution in [2.24, 2.45) is 0 Å². The maximum absolute atomic E-state index is 12.6. The maximum Gasteiger partial charge on any atom is 0.261 e. The van der Waals surface area contributed by atoms with Crippen LogP contribution in [0.2, 0.25) is 0 Å². The Labute approximate surface area is 154 Å². The molecule has 6 nitrogen and oxygen atoms in total. The molecule has 26 heavy (non-hydrogen) atoms. The molecule has 0 aliphatic rings. The molecule has 0 aliphatic heterocycles. The monoisotopic (exact) mass is 376 g/mol. The Balaban J connectivity index is 2.23. The molecule has 0 atom stereocenters. The van der Waals surface area contributed by atoms with Crippen molar-refractivity contribution in [2.75, 3.05) is 25.4 Å². The summed E-state index contributed by atoms with van der Waals surface area (Å²) in [6.45, 7) is 2.68. The van der Waals surface area contributed by atoms with E-state index in [1.54, 1.807) is 48.3 Å². The van der Waals surface area contributed by atoms with Crippen molar-refractivity contribution in [1.29, 1.82) is 0 Å². The number of hydrogen-bond acceptors (Lipinski definition) is 4. The predicted octanol–water partition coefficient (Wildman–Crippen LogP) is 3.37. The average molecular weight is 376 g/mol. The Morgan fingerprint density at radius 1 is 1.15 bits per heavy atom. The van der Waals surface area contributed by atoms with Gasteiger partial charge in [0.1, 0.15) is 5.75 Å². The number of sulfonamides is 1. The van der Waals surface area contributed by atoms with Gasteiger partial charge >= 0.3 is 0 Å². The first-order chi connectivity index (χ1) is 12.4. The third kappa shape index (κ3) is 4.98. The Morgan fingerprint density at radius 3 is 2.58 bits per heavy atom. The molecule has 140 valence electrons. The van der Waals surface area contributed by atoms with Crippen molar-refractivity contribution in [3.8, 4) is 5.75 Å². The lowest BCUT2D eigenvalue weighted by Crippen LogP contribution is -2.27. The number of benzene rings is 2. The number of carbonyl (C=O) groups is 1. The summed E-state index contributed by atoms with van der Waals surface area (Å²) in [4.78, 5) is 14.1. The van der Waals surface area contributed by atoms with E-state index in [1.165, 1.54) is 19.2 Å². The summed E-state index contributed by atoms with van der Waals surface area (Å²) in [6, 6.07) is 12.7. The molecule has 0 saturated carbocycles. The van der Waals surface area contributed by atoms with Gasteiger partial charge in [0.05, 0.1) is 17.7 Å². The van der Waals surface area contributed by atoms with Crippen molar-refractivity contribution < 1.29 is 17.9 Å². The van der Waals surface area contributed by atoms with Crippen LogP contribution in [0.5, 0.6) is 5.75 Å². The molecule has 0 saturated heterocycles. The van der Waals surface area contributed by atoms with Crippen molar-refractivity contribution in [3.63, 3.8) is 0 Å². The molecular weight excluding hydrogens is 352 g/mol. The standard InChI is InChI=1S/C19H24N2O4S/c1-4-5-12-21(2)19(22)15-8-6-11-18(13-15)26(23,24)20-16-9-7-10-17(14-16)25-3/h6-11,13-14,20H,4-5,12H2,1-3H3. The van der Waals surface area contributed by atoms with Gasteiger partial charge in [-0.3, -0.25) is 9.52 Å². The number of nitrogens with one attached hydrogen (secondary N) is 1. The van der Waals surface area contributed by atoms with E-state index in [0.29, 0.717) is 23.5 Å². The van der Waals surface area contributed by atoms with E-state index in [0.717, 1.165) is 12.8 Å². The van der Waals surface area contributed by atoms with Gasteiger partial charge in [0.25, 0.3) is 15.9 Å². The zero-order valence-electron chi connectivity index (χ0n) is 15.2. The highest BCUT2D eigenvalue weighted by atomic mass is 32.2. The van der Waals surface area contributed by atoms with Crippen LogP contribution in [0.3, 0.4) is 0 Å². The first-order valence-electron chi connectivity index (χ1n) is 8.39. The highest BCUT2D eigenvalue weighted by Gasteiger charge is 2.18. The molecule has 1 N–H and O–H groups in total. The van der Waals surface area contributed by atoms with E-state index in [2.05, 4.69) is 11.6 Å². The molecule has 0 fully saturated rings. The van der Waals surface area contributed by atoms with Crippen LogP contribution >= 0.6 is 0 Å². The first kappa shape index (κ1) is 19.8. The fourth-order valence-corrected chi connectivity index (χ4v) is 3.51. The van der Waals surface area contributed by atoms with Crippen molar-refractivity contribution in [2.45, 2.75) is 24.7 Å². The second-order valence-corrected chi connectivity index (χ2v) is 7.63. The van der Waals surface area contributed by atoms with Gasteiger partial charge in [0.2, 0.25) is 0 Å². The average Bonchev–Trinajstić information content (AvgIpc) is 2.65. The lowest BCUT2D eigenvalue weighted by Gasteiger charge is -2.17. The number of ether oxygens (including phenoxy) is 1. The summed E-state index contributed by atoms with van der Waals surface area (Å²) < 4.78 is 32.9. The predicted molar refractivity (Wildman–Crippen MR) is 102 cm³/mol. The van der Waals surface area contributed by atoms with E-state index in [1.807, 2.05) is 0 Å². The quantitative estimate of drug-likeness (QED) is 0.766. The largest absolute Gasteiger partial charge is 0.497 e. The SMILES string of the molecule is CCCCN(C)C(=O)c1cccc(S(=O)(=O)Nc2cccc(OC)c2)c1. The molecule has 1 amide bonds. The molecule has 0 aromatic heterocycles. The van der Waals surface area contributed by atoms with Crippen molar-refractivity contribution in [1.82, 2.24) is 4.90 Å². The summed E-state index contributed by atoms with van der Waals surface area (Å²) in [5.74, 6) is 0.351. The van der Waals surface area contributed by atoms with E-state index < -0.39 is 10.0 Å². The number of nitrogens with zero attached hydrogens (tertiary/aromatic N) is 1. The van der Waals surface area contributed by atoms with E-state index in [4.69, 9.17) is 4.74 Å². The van der Waals surface area contributed by atoms with Crippen LogP contribution in [0.25, 0.3) is 0 Å². The number of hydrogen-bond donors (Lipinski definition) is 1. The molecule has 0 unspecified atom stereocenters. The van der Waals surface area contributed by atoms with Crippen LogP contribution in [-0.2, 0) is 10.0 Å². The zero-order valence-corrected chi connectivity index (χ0v) is 16.0. The Kier molecular flexibility index (Phi) is 6.63. The topological polar surface area (TPSA) is 75.7 Å². The van der Waals surface area contributed by atoms with Crippen molar-refractivity contribution in [3.05, 3.63) is 54.1 Å². The summed E-state index contributed by atoms with van der Waals surface area (Å²) in [5.41, 5.74) is 0.735. The Hall–Kier alpha value is -2.54. The molecule has 0 radical (unpaired) electrons. The van der Waals surface area contributed by atoms with E-state index in [9.17, 15) is 13.2 Å². The summed E-state index contributed by atoms with van der Waals surface area (Å²) >= 11 is 0. The molecular formula is C19H24N2O4S. The van der Waals surface area contributed by atoms with Crippen molar-refractivity contribution >= 4 is 21.6 Å². The molecule has 2 rings (SSSR count). The third-order valence-electron chi connectivity index (χ3n) is 3.91. The lowest BCUT2D eigenvalue weighted by atomic mass is 10.2. The molecule has 7 heteroatoms. The number of unbranched alkanes of at least 4 members (excludes halogenated alkanes) is 1. The normalized spacial score (nSPS) is 11.0. The van der Waals surface area contributed by atoms with Gasteiger partial charge in [-0.2, -0.15) is 0 Å². The molecule has 0 bridgehead atoms. The lowest BCUT2D eigenvalue weighted by molar-refractivity contribution is 0.0793.